The Labute approximate surface area is 108 Å². The standard InChI is InChI=1S/C10H11Cl2N3O2/c11-8-3-7(10(12)14-13-8)15(5-9(16)17)4-6-1-2-6/h3,6H,1-2,4-5H2,(H,16,17). The van der Waals surface area contributed by atoms with Crippen molar-refractivity contribution in [3.8, 4) is 0 Å². The summed E-state index contributed by atoms with van der Waals surface area (Å²) in [6.45, 7) is 0.548. The van der Waals surface area contributed by atoms with Crippen molar-refractivity contribution in [1.82, 2.24) is 10.2 Å². The Bertz CT molecular complexity index is 438. The van der Waals surface area contributed by atoms with Gasteiger partial charge in [-0.1, -0.05) is 23.2 Å². The van der Waals surface area contributed by atoms with Crippen molar-refractivity contribution in [3.05, 3.63) is 16.4 Å². The largest absolute Gasteiger partial charge is 0.480 e. The molecule has 0 radical (unpaired) electrons. The van der Waals surface area contributed by atoms with E-state index in [1.165, 1.54) is 0 Å². The molecule has 1 aliphatic carbocycles. The van der Waals surface area contributed by atoms with Crippen molar-refractivity contribution in [3.63, 3.8) is 0 Å². The van der Waals surface area contributed by atoms with Crippen molar-refractivity contribution in [2.45, 2.75) is 12.8 Å². The predicted octanol–water partition coefficient (Wildman–Crippen LogP) is 2.08. The van der Waals surface area contributed by atoms with Crippen molar-refractivity contribution in [2.24, 2.45) is 5.92 Å². The van der Waals surface area contributed by atoms with Gasteiger partial charge in [0.2, 0.25) is 0 Å². The lowest BCUT2D eigenvalue weighted by Gasteiger charge is -2.23. The second-order valence-electron chi connectivity index (χ2n) is 4.06. The van der Waals surface area contributed by atoms with Crippen LogP contribution in [0.5, 0.6) is 0 Å². The highest BCUT2D eigenvalue weighted by atomic mass is 35.5. The van der Waals surface area contributed by atoms with Gasteiger partial charge in [-0.05, 0) is 18.8 Å². The van der Waals surface area contributed by atoms with Crippen LogP contribution in [0, 0.1) is 5.92 Å². The fourth-order valence-corrected chi connectivity index (χ4v) is 1.94. The van der Waals surface area contributed by atoms with Crippen LogP contribution in [-0.2, 0) is 4.79 Å². The van der Waals surface area contributed by atoms with Crippen LogP contribution >= 0.6 is 23.2 Å². The number of aliphatic carboxylic acids is 1. The monoisotopic (exact) mass is 275 g/mol. The molecule has 1 fully saturated rings. The number of halogens is 2. The maximum atomic E-state index is 10.8. The smallest absolute Gasteiger partial charge is 0.323 e. The second-order valence-corrected chi connectivity index (χ2v) is 4.81. The molecule has 1 aromatic heterocycles. The predicted molar refractivity (Wildman–Crippen MR) is 64.6 cm³/mol. The van der Waals surface area contributed by atoms with Crippen LogP contribution in [-0.4, -0.2) is 34.4 Å². The van der Waals surface area contributed by atoms with Crippen molar-refractivity contribution in [1.29, 1.82) is 0 Å². The molecule has 1 N–H and O–H groups in total. The normalized spacial score (nSPS) is 14.7. The second kappa shape index (κ2) is 5.06. The summed E-state index contributed by atoms with van der Waals surface area (Å²) in [7, 11) is 0. The minimum atomic E-state index is -0.908. The molecular formula is C10H11Cl2N3O2. The Morgan fingerprint density at radius 3 is 2.76 bits per heavy atom. The first kappa shape index (κ1) is 12.4. The molecule has 2 rings (SSSR count). The lowest BCUT2D eigenvalue weighted by atomic mass is 10.3. The molecule has 0 aliphatic heterocycles. The van der Waals surface area contributed by atoms with Gasteiger partial charge in [0, 0.05) is 12.6 Å². The van der Waals surface area contributed by atoms with Gasteiger partial charge in [0.25, 0.3) is 0 Å². The maximum absolute atomic E-state index is 10.8. The van der Waals surface area contributed by atoms with Crippen LogP contribution in [0.25, 0.3) is 0 Å². The zero-order valence-corrected chi connectivity index (χ0v) is 10.4. The van der Waals surface area contributed by atoms with Gasteiger partial charge in [0.15, 0.2) is 10.3 Å². The molecule has 17 heavy (non-hydrogen) atoms. The third-order valence-electron chi connectivity index (χ3n) is 2.54. The summed E-state index contributed by atoms with van der Waals surface area (Å²) in [4.78, 5) is 12.5. The number of hydrogen-bond acceptors (Lipinski definition) is 4. The molecule has 1 heterocycles. The van der Waals surface area contributed by atoms with E-state index >= 15 is 0 Å². The number of anilines is 1. The molecule has 1 aliphatic rings. The van der Waals surface area contributed by atoms with Crippen molar-refractivity contribution < 1.29 is 9.90 Å². The Kier molecular flexibility index (Phi) is 3.69. The maximum Gasteiger partial charge on any atom is 0.323 e. The lowest BCUT2D eigenvalue weighted by molar-refractivity contribution is -0.135. The SMILES string of the molecule is O=C(O)CN(CC1CC1)c1cc(Cl)nnc1Cl. The third-order valence-corrected chi connectivity index (χ3v) is 3.00. The average Bonchev–Trinajstić information content (AvgIpc) is 3.04. The first-order valence-electron chi connectivity index (χ1n) is 5.21. The molecule has 0 bridgehead atoms. The van der Waals surface area contributed by atoms with Crippen LogP contribution in [0.1, 0.15) is 12.8 Å². The number of nitrogens with zero attached hydrogens (tertiary/aromatic N) is 3. The molecule has 7 heteroatoms. The summed E-state index contributed by atoms with van der Waals surface area (Å²) in [5.74, 6) is -0.369. The zero-order chi connectivity index (χ0) is 12.4. The minimum Gasteiger partial charge on any atom is -0.480 e. The molecule has 0 unspecified atom stereocenters. The molecule has 5 nitrogen and oxygen atoms in total. The Balaban J connectivity index is 2.22. The molecule has 1 saturated carbocycles. The highest BCUT2D eigenvalue weighted by Crippen LogP contribution is 2.33. The first-order chi connectivity index (χ1) is 8.06. The van der Waals surface area contributed by atoms with Crippen molar-refractivity contribution in [2.75, 3.05) is 18.0 Å². The fourth-order valence-electron chi connectivity index (χ4n) is 1.59. The van der Waals surface area contributed by atoms with E-state index in [9.17, 15) is 4.79 Å². The summed E-state index contributed by atoms with van der Waals surface area (Å²) in [5, 5.41) is 16.6. The highest BCUT2D eigenvalue weighted by Gasteiger charge is 2.27. The summed E-state index contributed by atoms with van der Waals surface area (Å²) < 4.78 is 0. The fraction of sp³-hybridized carbons (Fsp3) is 0.500. The molecule has 0 aromatic carbocycles. The third kappa shape index (κ3) is 3.44. The zero-order valence-electron chi connectivity index (χ0n) is 8.94. The van der Waals surface area contributed by atoms with Crippen LogP contribution in [0.15, 0.2) is 6.07 Å². The Hall–Kier alpha value is -1.07. The first-order valence-corrected chi connectivity index (χ1v) is 5.97. The Morgan fingerprint density at radius 1 is 1.47 bits per heavy atom. The Morgan fingerprint density at radius 2 is 2.18 bits per heavy atom. The van der Waals surface area contributed by atoms with E-state index in [0.29, 0.717) is 18.2 Å². The number of aromatic nitrogens is 2. The lowest BCUT2D eigenvalue weighted by Crippen LogP contribution is -2.32. The molecule has 1 aromatic rings. The molecule has 0 amide bonds. The van der Waals surface area contributed by atoms with Gasteiger partial charge in [0.05, 0.1) is 5.69 Å². The number of carboxylic acid groups (broad SMARTS) is 1. The van der Waals surface area contributed by atoms with Gasteiger partial charge in [0.1, 0.15) is 6.54 Å². The average molecular weight is 276 g/mol. The number of hydrogen-bond donors (Lipinski definition) is 1. The van der Waals surface area contributed by atoms with Gasteiger partial charge < -0.3 is 10.0 Å². The van der Waals surface area contributed by atoms with E-state index in [1.54, 1.807) is 11.0 Å². The molecule has 92 valence electrons. The van der Waals surface area contributed by atoms with Gasteiger partial charge in [-0.3, -0.25) is 4.79 Å². The van der Waals surface area contributed by atoms with Crippen LogP contribution in [0.2, 0.25) is 10.3 Å². The highest BCUT2D eigenvalue weighted by molar-refractivity contribution is 6.33. The van der Waals surface area contributed by atoms with Crippen LogP contribution < -0.4 is 4.90 Å². The number of rotatable bonds is 5. The number of carbonyl (C=O) groups is 1. The summed E-state index contributed by atoms with van der Waals surface area (Å²) in [6.07, 6.45) is 2.25. The molecular weight excluding hydrogens is 265 g/mol. The number of carboxylic acids is 1. The van der Waals surface area contributed by atoms with Crippen LogP contribution in [0.3, 0.4) is 0 Å². The minimum absolute atomic E-state index is 0.113. The van der Waals surface area contributed by atoms with E-state index in [0.717, 1.165) is 12.8 Å². The van der Waals surface area contributed by atoms with E-state index < -0.39 is 5.97 Å². The van der Waals surface area contributed by atoms with E-state index in [1.807, 2.05) is 0 Å². The van der Waals surface area contributed by atoms with Gasteiger partial charge in [-0.2, -0.15) is 0 Å². The molecule has 0 atom stereocenters. The molecule has 0 spiro atoms. The summed E-state index contributed by atoms with van der Waals surface area (Å²) >= 11 is 11.7. The van der Waals surface area contributed by atoms with Crippen LogP contribution in [0.4, 0.5) is 5.69 Å². The van der Waals surface area contributed by atoms with E-state index in [2.05, 4.69) is 10.2 Å². The van der Waals surface area contributed by atoms with Gasteiger partial charge in [-0.25, -0.2) is 0 Å². The van der Waals surface area contributed by atoms with Gasteiger partial charge in [-0.15, -0.1) is 10.2 Å². The van der Waals surface area contributed by atoms with Gasteiger partial charge >= 0.3 is 5.97 Å². The molecule has 0 saturated heterocycles. The van der Waals surface area contributed by atoms with Crippen molar-refractivity contribution >= 4 is 34.9 Å². The summed E-state index contributed by atoms with van der Waals surface area (Å²) in [5.41, 5.74) is 0.529. The quantitative estimate of drug-likeness (QED) is 0.891. The van der Waals surface area contributed by atoms with E-state index in [4.69, 9.17) is 28.3 Å². The topological polar surface area (TPSA) is 66.3 Å². The summed E-state index contributed by atoms with van der Waals surface area (Å²) in [6, 6.07) is 1.54. The van der Waals surface area contributed by atoms with E-state index in [-0.39, 0.29) is 16.9 Å².